The van der Waals surface area contributed by atoms with Crippen molar-refractivity contribution < 1.29 is 29.0 Å². The molecule has 0 aromatic heterocycles. The zero-order valence-electron chi connectivity index (χ0n) is 20.7. The molecule has 0 aliphatic carbocycles. The Morgan fingerprint density at radius 1 is 0.914 bits per heavy atom. The average Bonchev–Trinajstić information content (AvgIpc) is 2.80. The van der Waals surface area contributed by atoms with Gasteiger partial charge in [0.15, 0.2) is 0 Å². The van der Waals surface area contributed by atoms with E-state index in [9.17, 15) is 19.5 Å². The minimum atomic E-state index is -1.09. The van der Waals surface area contributed by atoms with Crippen LogP contribution in [0.2, 0.25) is 0 Å². The van der Waals surface area contributed by atoms with Gasteiger partial charge in [0.25, 0.3) is 5.91 Å². The predicted octanol–water partition coefficient (Wildman–Crippen LogP) is 4.58. The quantitative estimate of drug-likeness (QED) is 0.359. The molecule has 2 aromatic carbocycles. The average molecular weight is 485 g/mol. The molecule has 0 unspecified atom stereocenters. The van der Waals surface area contributed by atoms with Crippen LogP contribution in [0.4, 0.5) is 4.79 Å². The SMILES string of the molecule is CC(C)(C)OC(=O)NCCCCCCOc1ccc(C[C@H](NC(=O)c2ccccc2)C(=O)O)cc1. The van der Waals surface area contributed by atoms with E-state index in [1.54, 1.807) is 42.5 Å². The third kappa shape index (κ3) is 11.4. The van der Waals surface area contributed by atoms with Crippen molar-refractivity contribution in [2.45, 2.75) is 64.5 Å². The number of carbonyl (C=O) groups is 3. The van der Waals surface area contributed by atoms with Crippen molar-refractivity contribution in [1.82, 2.24) is 10.6 Å². The van der Waals surface area contributed by atoms with Gasteiger partial charge >= 0.3 is 12.1 Å². The van der Waals surface area contributed by atoms with Crippen LogP contribution in [0.15, 0.2) is 54.6 Å². The first-order valence-electron chi connectivity index (χ1n) is 11.9. The first-order chi connectivity index (χ1) is 16.6. The van der Waals surface area contributed by atoms with Crippen molar-refractivity contribution in [3.63, 3.8) is 0 Å². The second-order valence-corrected chi connectivity index (χ2v) is 9.27. The van der Waals surface area contributed by atoms with Gasteiger partial charge in [-0.05, 0) is 63.4 Å². The summed E-state index contributed by atoms with van der Waals surface area (Å²) in [4.78, 5) is 35.5. The summed E-state index contributed by atoms with van der Waals surface area (Å²) in [6.07, 6.45) is 3.50. The molecule has 0 fully saturated rings. The highest BCUT2D eigenvalue weighted by molar-refractivity contribution is 5.96. The maximum absolute atomic E-state index is 12.3. The lowest BCUT2D eigenvalue weighted by molar-refractivity contribution is -0.139. The molecule has 1 atom stereocenters. The summed E-state index contributed by atoms with van der Waals surface area (Å²) in [7, 11) is 0. The normalized spacial score (nSPS) is 11.9. The third-order valence-electron chi connectivity index (χ3n) is 5.01. The van der Waals surface area contributed by atoms with E-state index in [4.69, 9.17) is 9.47 Å². The van der Waals surface area contributed by atoms with Crippen LogP contribution in [-0.2, 0) is 16.0 Å². The molecule has 35 heavy (non-hydrogen) atoms. The number of aliphatic carboxylic acids is 1. The van der Waals surface area contributed by atoms with Gasteiger partial charge in [-0.1, -0.05) is 43.2 Å². The van der Waals surface area contributed by atoms with Gasteiger partial charge in [0.05, 0.1) is 6.61 Å². The molecule has 2 rings (SSSR count). The topological polar surface area (TPSA) is 114 Å². The summed E-state index contributed by atoms with van der Waals surface area (Å²) in [6, 6.07) is 14.7. The van der Waals surface area contributed by atoms with Gasteiger partial charge in [-0.15, -0.1) is 0 Å². The Morgan fingerprint density at radius 3 is 2.20 bits per heavy atom. The molecular weight excluding hydrogens is 448 g/mol. The van der Waals surface area contributed by atoms with Gasteiger partial charge in [-0.25, -0.2) is 9.59 Å². The van der Waals surface area contributed by atoms with Crippen molar-refractivity contribution in [3.8, 4) is 5.75 Å². The molecule has 0 bridgehead atoms. The third-order valence-corrected chi connectivity index (χ3v) is 5.01. The second kappa shape index (κ2) is 14.0. The standard InChI is InChI=1S/C27H36N2O6/c1-27(2,3)35-26(33)28-17-9-4-5-10-18-34-22-15-13-20(14-16-22)19-23(25(31)32)29-24(30)21-11-7-6-8-12-21/h6-8,11-16,23H,4-5,9-10,17-19H2,1-3H3,(H,28,33)(H,29,30)(H,31,32)/t23-/m0/s1. The fraction of sp³-hybridized carbons (Fsp3) is 0.444. The number of hydrogen-bond donors (Lipinski definition) is 3. The van der Waals surface area contributed by atoms with Crippen molar-refractivity contribution in [1.29, 1.82) is 0 Å². The van der Waals surface area contributed by atoms with Crippen LogP contribution in [-0.4, -0.2) is 47.9 Å². The van der Waals surface area contributed by atoms with E-state index in [1.165, 1.54) is 0 Å². The minimum absolute atomic E-state index is 0.172. The number of amides is 2. The highest BCUT2D eigenvalue weighted by Crippen LogP contribution is 2.15. The lowest BCUT2D eigenvalue weighted by Crippen LogP contribution is -2.42. The molecule has 0 saturated heterocycles. The Morgan fingerprint density at radius 2 is 1.57 bits per heavy atom. The number of carboxylic acids is 1. The molecule has 0 aliphatic rings. The molecule has 8 nitrogen and oxygen atoms in total. The number of benzene rings is 2. The van der Waals surface area contributed by atoms with Gasteiger partial charge in [0.2, 0.25) is 0 Å². The van der Waals surface area contributed by atoms with Crippen molar-refractivity contribution in [2.24, 2.45) is 0 Å². The Balaban J connectivity index is 1.65. The van der Waals surface area contributed by atoms with Crippen molar-refractivity contribution in [2.75, 3.05) is 13.2 Å². The molecule has 2 aromatic rings. The van der Waals surface area contributed by atoms with Crippen LogP contribution in [0.5, 0.6) is 5.75 Å². The lowest BCUT2D eigenvalue weighted by Gasteiger charge is -2.19. The van der Waals surface area contributed by atoms with E-state index >= 15 is 0 Å². The fourth-order valence-electron chi connectivity index (χ4n) is 3.26. The van der Waals surface area contributed by atoms with E-state index < -0.39 is 29.6 Å². The summed E-state index contributed by atoms with van der Waals surface area (Å²) in [6.45, 7) is 6.66. The van der Waals surface area contributed by atoms with Gasteiger partial charge < -0.3 is 25.2 Å². The van der Waals surface area contributed by atoms with E-state index in [2.05, 4.69) is 10.6 Å². The van der Waals surface area contributed by atoms with Crippen molar-refractivity contribution >= 4 is 18.0 Å². The largest absolute Gasteiger partial charge is 0.494 e. The summed E-state index contributed by atoms with van der Waals surface area (Å²) in [5.41, 5.74) is 0.716. The molecule has 0 spiro atoms. The molecule has 3 N–H and O–H groups in total. The number of hydrogen-bond acceptors (Lipinski definition) is 5. The molecule has 0 saturated carbocycles. The number of carbonyl (C=O) groups excluding carboxylic acids is 2. The summed E-state index contributed by atoms with van der Waals surface area (Å²) in [5.74, 6) is -0.796. The zero-order valence-corrected chi connectivity index (χ0v) is 20.7. The molecule has 0 heterocycles. The minimum Gasteiger partial charge on any atom is -0.494 e. The Hall–Kier alpha value is -3.55. The monoisotopic (exact) mass is 484 g/mol. The first kappa shape index (κ1) is 27.7. The predicted molar refractivity (Wildman–Crippen MR) is 134 cm³/mol. The van der Waals surface area contributed by atoms with E-state index in [0.717, 1.165) is 31.2 Å². The van der Waals surface area contributed by atoms with Crippen LogP contribution < -0.4 is 15.4 Å². The van der Waals surface area contributed by atoms with Gasteiger partial charge in [-0.3, -0.25) is 4.79 Å². The molecule has 190 valence electrons. The Labute approximate surface area is 207 Å². The second-order valence-electron chi connectivity index (χ2n) is 9.27. The number of alkyl carbamates (subject to hydrolysis) is 1. The van der Waals surface area contributed by atoms with Crippen molar-refractivity contribution in [3.05, 3.63) is 65.7 Å². The highest BCUT2D eigenvalue weighted by Gasteiger charge is 2.21. The number of unbranched alkanes of at least 4 members (excludes halogenated alkanes) is 3. The van der Waals surface area contributed by atoms with Gasteiger partial charge in [0.1, 0.15) is 17.4 Å². The van der Waals surface area contributed by atoms with Crippen LogP contribution in [0.1, 0.15) is 62.4 Å². The van der Waals surface area contributed by atoms with E-state index in [-0.39, 0.29) is 6.42 Å². The highest BCUT2D eigenvalue weighted by atomic mass is 16.6. The van der Waals surface area contributed by atoms with Crippen LogP contribution in [0.3, 0.4) is 0 Å². The lowest BCUT2D eigenvalue weighted by atomic mass is 10.1. The summed E-state index contributed by atoms with van der Waals surface area (Å²) in [5, 5.41) is 14.8. The Kier molecular flexibility index (Phi) is 11.1. The Bertz CT molecular complexity index is 938. The molecular formula is C27H36N2O6. The van der Waals surface area contributed by atoms with E-state index in [1.807, 2.05) is 32.9 Å². The molecule has 0 aliphatic heterocycles. The molecule has 0 radical (unpaired) electrons. The smallest absolute Gasteiger partial charge is 0.407 e. The zero-order chi connectivity index (χ0) is 25.7. The van der Waals surface area contributed by atoms with Crippen LogP contribution in [0, 0.1) is 0 Å². The summed E-state index contributed by atoms with van der Waals surface area (Å²) >= 11 is 0. The number of nitrogens with one attached hydrogen (secondary N) is 2. The molecule has 2 amide bonds. The van der Waals surface area contributed by atoms with Gasteiger partial charge in [-0.2, -0.15) is 0 Å². The summed E-state index contributed by atoms with van der Waals surface area (Å²) < 4.78 is 11.0. The number of rotatable bonds is 13. The van der Waals surface area contributed by atoms with Crippen LogP contribution >= 0.6 is 0 Å². The van der Waals surface area contributed by atoms with Crippen LogP contribution in [0.25, 0.3) is 0 Å². The maximum Gasteiger partial charge on any atom is 0.407 e. The van der Waals surface area contributed by atoms with Gasteiger partial charge in [0, 0.05) is 18.5 Å². The van der Waals surface area contributed by atoms with E-state index in [0.29, 0.717) is 24.5 Å². The first-order valence-corrected chi connectivity index (χ1v) is 11.9. The fourth-order valence-corrected chi connectivity index (χ4v) is 3.26. The number of ether oxygens (including phenoxy) is 2. The number of carboxylic acid groups (broad SMARTS) is 1. The maximum atomic E-state index is 12.3. The molecule has 8 heteroatoms.